The molecular weight excluding hydrogens is 310 g/mol. The van der Waals surface area contributed by atoms with Crippen molar-refractivity contribution in [3.63, 3.8) is 0 Å². The van der Waals surface area contributed by atoms with Gasteiger partial charge >= 0.3 is 5.97 Å². The number of benzene rings is 1. The smallest absolute Gasteiger partial charge is 0.337 e. The third-order valence-electron chi connectivity index (χ3n) is 2.67. The van der Waals surface area contributed by atoms with Crippen LogP contribution in [0.2, 0.25) is 0 Å². The molecule has 0 spiro atoms. The van der Waals surface area contributed by atoms with Crippen molar-refractivity contribution in [1.29, 1.82) is 0 Å². The highest BCUT2D eigenvalue weighted by Gasteiger charge is 2.05. The van der Waals surface area contributed by atoms with E-state index < -0.39 is 5.97 Å². The summed E-state index contributed by atoms with van der Waals surface area (Å²) in [6.07, 6.45) is 1.33. The number of ether oxygens (including phenoxy) is 1. The molecule has 0 aliphatic carbocycles. The van der Waals surface area contributed by atoms with Gasteiger partial charge in [0.25, 0.3) is 0 Å². The highest BCUT2D eigenvalue weighted by molar-refractivity contribution is 9.10. The van der Waals surface area contributed by atoms with Gasteiger partial charge in [-0.05, 0) is 31.2 Å². The monoisotopic (exact) mass is 321 g/mol. The van der Waals surface area contributed by atoms with Crippen molar-refractivity contribution in [3.8, 4) is 5.75 Å². The highest BCUT2D eigenvalue weighted by Crippen LogP contribution is 2.25. The quantitative estimate of drug-likeness (QED) is 0.937. The van der Waals surface area contributed by atoms with Crippen LogP contribution in [0, 0.1) is 6.92 Å². The fourth-order valence-electron chi connectivity index (χ4n) is 1.53. The van der Waals surface area contributed by atoms with Gasteiger partial charge in [0.05, 0.1) is 11.3 Å². The number of aromatic carboxylic acids is 1. The van der Waals surface area contributed by atoms with Crippen LogP contribution in [0.15, 0.2) is 41.0 Å². The van der Waals surface area contributed by atoms with Gasteiger partial charge in [-0.3, -0.25) is 4.98 Å². The minimum absolute atomic E-state index is 0.169. The van der Waals surface area contributed by atoms with Gasteiger partial charge in [0, 0.05) is 16.2 Å². The van der Waals surface area contributed by atoms with Gasteiger partial charge in [0.1, 0.15) is 12.4 Å². The maximum absolute atomic E-state index is 10.7. The number of carboxylic acid groups (broad SMARTS) is 1. The molecule has 0 atom stereocenters. The number of nitrogens with zero attached hydrogens (tertiary/aromatic N) is 1. The second-order valence-corrected chi connectivity index (χ2v) is 4.85. The molecule has 4 nitrogen and oxygen atoms in total. The summed E-state index contributed by atoms with van der Waals surface area (Å²) in [7, 11) is 0. The molecule has 98 valence electrons. The van der Waals surface area contributed by atoms with Gasteiger partial charge in [-0.15, -0.1) is 0 Å². The number of hydrogen-bond acceptors (Lipinski definition) is 3. The van der Waals surface area contributed by atoms with Crippen LogP contribution in [-0.2, 0) is 6.61 Å². The van der Waals surface area contributed by atoms with Gasteiger partial charge in [-0.2, -0.15) is 0 Å². The highest BCUT2D eigenvalue weighted by atomic mass is 79.9. The van der Waals surface area contributed by atoms with E-state index >= 15 is 0 Å². The number of hydrogen-bond donors (Lipinski definition) is 1. The molecule has 0 saturated heterocycles. The number of rotatable bonds is 4. The van der Waals surface area contributed by atoms with Crippen molar-refractivity contribution in [2.24, 2.45) is 0 Å². The van der Waals surface area contributed by atoms with Crippen molar-refractivity contribution in [2.45, 2.75) is 13.5 Å². The van der Waals surface area contributed by atoms with E-state index in [1.165, 1.54) is 12.3 Å². The van der Waals surface area contributed by atoms with Crippen molar-refractivity contribution < 1.29 is 14.6 Å². The molecule has 1 N–H and O–H groups in total. The standard InChI is InChI=1S/C14H12BrNO3/c1-9-12(15)3-2-4-13(9)19-8-11-6-5-10(7-16-11)14(17)18/h2-7H,8H2,1H3,(H,17,18). The zero-order chi connectivity index (χ0) is 13.8. The van der Waals surface area contributed by atoms with E-state index in [0.717, 1.165) is 15.8 Å². The summed E-state index contributed by atoms with van der Waals surface area (Å²) in [6.45, 7) is 2.26. The first-order valence-electron chi connectivity index (χ1n) is 5.64. The largest absolute Gasteiger partial charge is 0.487 e. The molecule has 1 aromatic carbocycles. The van der Waals surface area contributed by atoms with Crippen LogP contribution in [0.5, 0.6) is 5.75 Å². The van der Waals surface area contributed by atoms with Crippen LogP contribution >= 0.6 is 15.9 Å². The molecule has 19 heavy (non-hydrogen) atoms. The molecule has 0 amide bonds. The lowest BCUT2D eigenvalue weighted by Crippen LogP contribution is -2.02. The van der Waals surface area contributed by atoms with E-state index in [0.29, 0.717) is 12.3 Å². The number of halogens is 1. The molecule has 0 radical (unpaired) electrons. The molecule has 0 unspecified atom stereocenters. The molecule has 2 aromatic rings. The molecule has 1 heterocycles. The molecule has 0 aliphatic heterocycles. The summed E-state index contributed by atoms with van der Waals surface area (Å²) in [4.78, 5) is 14.7. The topological polar surface area (TPSA) is 59.4 Å². The first kappa shape index (κ1) is 13.5. The van der Waals surface area contributed by atoms with Gasteiger partial charge < -0.3 is 9.84 Å². The molecule has 0 fully saturated rings. The predicted molar refractivity (Wildman–Crippen MR) is 74.4 cm³/mol. The van der Waals surface area contributed by atoms with Gasteiger partial charge in [-0.25, -0.2) is 4.79 Å². The summed E-state index contributed by atoms with van der Waals surface area (Å²) in [6, 6.07) is 8.89. The van der Waals surface area contributed by atoms with Crippen LogP contribution in [0.3, 0.4) is 0 Å². The van der Waals surface area contributed by atoms with Crippen molar-refractivity contribution >= 4 is 21.9 Å². The van der Waals surface area contributed by atoms with E-state index in [-0.39, 0.29) is 5.56 Å². The third kappa shape index (κ3) is 3.32. The van der Waals surface area contributed by atoms with E-state index in [9.17, 15) is 4.79 Å². The van der Waals surface area contributed by atoms with E-state index in [2.05, 4.69) is 20.9 Å². The van der Waals surface area contributed by atoms with E-state index in [1.54, 1.807) is 6.07 Å². The minimum atomic E-state index is -0.984. The number of carboxylic acids is 1. The average Bonchev–Trinajstić information content (AvgIpc) is 2.41. The molecular formula is C14H12BrNO3. The Labute approximate surface area is 119 Å². The molecule has 0 saturated carbocycles. The fraction of sp³-hybridized carbons (Fsp3) is 0.143. The normalized spacial score (nSPS) is 10.2. The van der Waals surface area contributed by atoms with Crippen LogP contribution in [-0.4, -0.2) is 16.1 Å². The molecule has 0 bridgehead atoms. The zero-order valence-electron chi connectivity index (χ0n) is 10.3. The lowest BCUT2D eigenvalue weighted by atomic mass is 10.2. The maximum atomic E-state index is 10.7. The Morgan fingerprint density at radius 1 is 1.37 bits per heavy atom. The Hall–Kier alpha value is -1.88. The Morgan fingerprint density at radius 3 is 2.79 bits per heavy atom. The summed E-state index contributed by atoms with van der Waals surface area (Å²) in [5, 5.41) is 8.77. The Kier molecular flexibility index (Phi) is 4.16. The lowest BCUT2D eigenvalue weighted by Gasteiger charge is -2.09. The summed E-state index contributed by atoms with van der Waals surface area (Å²) >= 11 is 3.44. The second kappa shape index (κ2) is 5.84. The van der Waals surface area contributed by atoms with Crippen molar-refractivity contribution in [3.05, 3.63) is 57.8 Å². The summed E-state index contributed by atoms with van der Waals surface area (Å²) in [5.41, 5.74) is 1.87. The molecule has 2 rings (SSSR count). The molecule has 0 aliphatic rings. The Balaban J connectivity index is 2.06. The average molecular weight is 322 g/mol. The van der Waals surface area contributed by atoms with Crippen LogP contribution in [0.1, 0.15) is 21.6 Å². The van der Waals surface area contributed by atoms with Crippen LogP contribution in [0.25, 0.3) is 0 Å². The number of aromatic nitrogens is 1. The van der Waals surface area contributed by atoms with Gasteiger partial charge in [-0.1, -0.05) is 22.0 Å². The second-order valence-electron chi connectivity index (χ2n) is 4.00. The summed E-state index contributed by atoms with van der Waals surface area (Å²) < 4.78 is 6.65. The van der Waals surface area contributed by atoms with Crippen LogP contribution in [0.4, 0.5) is 0 Å². The van der Waals surface area contributed by atoms with E-state index in [1.807, 2.05) is 25.1 Å². The molecule has 5 heteroatoms. The summed E-state index contributed by atoms with van der Waals surface area (Å²) in [5.74, 6) is -0.207. The Morgan fingerprint density at radius 2 is 2.16 bits per heavy atom. The van der Waals surface area contributed by atoms with Crippen molar-refractivity contribution in [1.82, 2.24) is 4.98 Å². The maximum Gasteiger partial charge on any atom is 0.337 e. The van der Waals surface area contributed by atoms with E-state index in [4.69, 9.17) is 9.84 Å². The third-order valence-corrected chi connectivity index (χ3v) is 3.52. The van der Waals surface area contributed by atoms with Gasteiger partial charge in [0.2, 0.25) is 0 Å². The van der Waals surface area contributed by atoms with Crippen LogP contribution < -0.4 is 4.74 Å². The SMILES string of the molecule is Cc1c(Br)cccc1OCc1ccc(C(=O)O)cn1. The zero-order valence-corrected chi connectivity index (χ0v) is 11.8. The first-order chi connectivity index (χ1) is 9.08. The first-order valence-corrected chi connectivity index (χ1v) is 6.43. The minimum Gasteiger partial charge on any atom is -0.487 e. The number of carbonyl (C=O) groups is 1. The fourth-order valence-corrected chi connectivity index (χ4v) is 1.88. The lowest BCUT2D eigenvalue weighted by molar-refractivity contribution is 0.0696. The van der Waals surface area contributed by atoms with Crippen molar-refractivity contribution in [2.75, 3.05) is 0 Å². The predicted octanol–water partition coefficient (Wildman–Crippen LogP) is 3.43. The Bertz CT molecular complexity index is 596. The van der Waals surface area contributed by atoms with Gasteiger partial charge in [0.15, 0.2) is 0 Å². The molecule has 1 aromatic heterocycles. The number of pyridine rings is 1.